The molecule has 0 radical (unpaired) electrons. The van der Waals surface area contributed by atoms with Crippen molar-refractivity contribution in [2.45, 2.75) is 45.3 Å². The fraction of sp³-hybridized carbons (Fsp3) is 0.909. The molecule has 0 aromatic heterocycles. The van der Waals surface area contributed by atoms with Crippen LogP contribution in [0.15, 0.2) is 0 Å². The molecule has 1 heterocycles. The number of ether oxygens (including phenoxy) is 1. The Kier molecular flexibility index (Phi) is 2.52. The average molecular weight is 198 g/mol. The van der Waals surface area contributed by atoms with Crippen molar-refractivity contribution < 1.29 is 14.6 Å². The zero-order valence-electron chi connectivity index (χ0n) is 8.77. The van der Waals surface area contributed by atoms with Crippen LogP contribution in [-0.4, -0.2) is 23.3 Å². The number of fused-ring (bicyclic) bond motifs is 1. The van der Waals surface area contributed by atoms with E-state index in [1.54, 1.807) is 0 Å². The molecule has 80 valence electrons. The van der Waals surface area contributed by atoms with E-state index in [4.69, 9.17) is 4.74 Å². The number of rotatable bonds is 0. The summed E-state index contributed by atoms with van der Waals surface area (Å²) in [6.45, 7) is 4.06. The van der Waals surface area contributed by atoms with Crippen LogP contribution in [0.4, 0.5) is 0 Å². The van der Waals surface area contributed by atoms with Crippen molar-refractivity contribution in [2.75, 3.05) is 0 Å². The van der Waals surface area contributed by atoms with Gasteiger partial charge < -0.3 is 9.84 Å². The molecule has 0 unspecified atom stereocenters. The summed E-state index contributed by atoms with van der Waals surface area (Å²) < 4.78 is 5.23. The molecule has 1 saturated heterocycles. The number of esters is 1. The molecule has 0 spiro atoms. The highest BCUT2D eigenvalue weighted by molar-refractivity contribution is 5.74. The smallest absolute Gasteiger partial charge is 0.309 e. The van der Waals surface area contributed by atoms with Crippen LogP contribution in [0.2, 0.25) is 0 Å². The Balaban J connectivity index is 2.15. The third-order valence-corrected chi connectivity index (χ3v) is 3.70. The van der Waals surface area contributed by atoms with Crippen molar-refractivity contribution in [2.24, 2.45) is 17.8 Å². The first kappa shape index (κ1) is 9.97. The van der Waals surface area contributed by atoms with Crippen molar-refractivity contribution >= 4 is 5.97 Å². The lowest BCUT2D eigenvalue weighted by Gasteiger charge is -2.20. The molecule has 1 N–H and O–H groups in total. The van der Waals surface area contributed by atoms with Gasteiger partial charge in [0.05, 0.1) is 12.0 Å². The van der Waals surface area contributed by atoms with Gasteiger partial charge in [0.1, 0.15) is 6.10 Å². The van der Waals surface area contributed by atoms with Crippen molar-refractivity contribution in [1.82, 2.24) is 0 Å². The van der Waals surface area contributed by atoms with Gasteiger partial charge in [0, 0.05) is 5.92 Å². The van der Waals surface area contributed by atoms with E-state index < -0.39 is 6.10 Å². The lowest BCUT2D eigenvalue weighted by atomic mass is 9.87. The van der Waals surface area contributed by atoms with Crippen LogP contribution in [0.5, 0.6) is 0 Å². The molecule has 14 heavy (non-hydrogen) atoms. The highest BCUT2D eigenvalue weighted by Gasteiger charge is 2.46. The largest absolute Gasteiger partial charge is 0.459 e. The number of hydrogen-bond donors (Lipinski definition) is 1. The molecular weight excluding hydrogens is 180 g/mol. The van der Waals surface area contributed by atoms with Crippen LogP contribution in [0.25, 0.3) is 0 Å². The predicted molar refractivity (Wildman–Crippen MR) is 51.6 cm³/mol. The molecule has 0 aromatic rings. The molecule has 1 saturated carbocycles. The number of carbonyl (C=O) groups excluding carboxylic acids is 1. The first-order valence-electron chi connectivity index (χ1n) is 5.48. The van der Waals surface area contributed by atoms with Gasteiger partial charge in [-0.3, -0.25) is 4.79 Å². The lowest BCUT2D eigenvalue weighted by molar-refractivity contribution is -0.148. The van der Waals surface area contributed by atoms with Crippen molar-refractivity contribution in [1.29, 1.82) is 0 Å². The molecular formula is C11H18O3. The fourth-order valence-electron chi connectivity index (χ4n) is 2.71. The molecule has 0 amide bonds. The molecule has 5 atom stereocenters. The lowest BCUT2D eigenvalue weighted by Crippen LogP contribution is -2.31. The van der Waals surface area contributed by atoms with E-state index in [0.29, 0.717) is 5.92 Å². The summed E-state index contributed by atoms with van der Waals surface area (Å²) in [7, 11) is 0. The second kappa shape index (κ2) is 3.54. The van der Waals surface area contributed by atoms with Gasteiger partial charge in [0.25, 0.3) is 0 Å². The quantitative estimate of drug-likeness (QED) is 0.597. The number of aliphatic hydroxyl groups excluding tert-OH is 1. The molecule has 1 aliphatic heterocycles. The molecule has 0 aromatic carbocycles. The van der Waals surface area contributed by atoms with E-state index in [-0.39, 0.29) is 23.9 Å². The second-order valence-corrected chi connectivity index (χ2v) is 4.84. The summed E-state index contributed by atoms with van der Waals surface area (Å²) in [6, 6.07) is 0. The number of carbonyl (C=O) groups is 1. The van der Waals surface area contributed by atoms with Crippen LogP contribution < -0.4 is 0 Å². The molecule has 2 rings (SSSR count). The van der Waals surface area contributed by atoms with E-state index in [1.807, 2.05) is 6.92 Å². The van der Waals surface area contributed by atoms with E-state index >= 15 is 0 Å². The Bertz CT molecular complexity index is 239. The monoisotopic (exact) mass is 198 g/mol. The Morgan fingerprint density at radius 1 is 1.36 bits per heavy atom. The summed E-state index contributed by atoms with van der Waals surface area (Å²) in [6.07, 6.45) is 2.18. The van der Waals surface area contributed by atoms with Gasteiger partial charge in [-0.2, -0.15) is 0 Å². The van der Waals surface area contributed by atoms with Gasteiger partial charge in [0.15, 0.2) is 0 Å². The summed E-state index contributed by atoms with van der Waals surface area (Å²) in [5.74, 6) is 0.623. The summed E-state index contributed by atoms with van der Waals surface area (Å²) in [4.78, 5) is 11.3. The van der Waals surface area contributed by atoms with Gasteiger partial charge in [0.2, 0.25) is 0 Å². The van der Waals surface area contributed by atoms with Gasteiger partial charge >= 0.3 is 5.97 Å². The minimum atomic E-state index is -0.452. The maximum Gasteiger partial charge on any atom is 0.309 e. The predicted octanol–water partition coefficient (Wildman–Crippen LogP) is 1.34. The van der Waals surface area contributed by atoms with E-state index in [1.165, 1.54) is 0 Å². The van der Waals surface area contributed by atoms with Crippen molar-refractivity contribution in [3.63, 3.8) is 0 Å². The minimum absolute atomic E-state index is 0.0278. The van der Waals surface area contributed by atoms with E-state index in [2.05, 4.69) is 6.92 Å². The normalized spacial score (nSPS) is 48.2. The molecule has 3 heteroatoms. The van der Waals surface area contributed by atoms with Crippen LogP contribution in [0.1, 0.15) is 33.1 Å². The van der Waals surface area contributed by atoms with Crippen LogP contribution in [0, 0.1) is 17.8 Å². The van der Waals surface area contributed by atoms with Crippen LogP contribution >= 0.6 is 0 Å². The Morgan fingerprint density at radius 3 is 2.79 bits per heavy atom. The topological polar surface area (TPSA) is 46.5 Å². The average Bonchev–Trinajstić information content (AvgIpc) is 2.32. The molecule has 3 nitrogen and oxygen atoms in total. The standard InChI is InChI=1S/C11H18O3/c1-6-3-4-8-7(2)11(13)14-10(8)9(12)5-6/h6-10,12H,3-5H2,1-2H3/t6-,7-,8+,9+,10-/m1/s1. The molecule has 2 fully saturated rings. The highest BCUT2D eigenvalue weighted by Crippen LogP contribution is 2.39. The highest BCUT2D eigenvalue weighted by atomic mass is 16.6. The van der Waals surface area contributed by atoms with Gasteiger partial charge in [-0.15, -0.1) is 0 Å². The second-order valence-electron chi connectivity index (χ2n) is 4.84. The summed E-state index contributed by atoms with van der Waals surface area (Å²) in [5.41, 5.74) is 0. The maximum absolute atomic E-state index is 11.3. The Labute approximate surface area is 84.4 Å². The summed E-state index contributed by atoms with van der Waals surface area (Å²) in [5, 5.41) is 9.89. The zero-order valence-corrected chi connectivity index (χ0v) is 8.77. The minimum Gasteiger partial charge on any atom is -0.459 e. The molecule has 0 bridgehead atoms. The van der Waals surface area contributed by atoms with E-state index in [0.717, 1.165) is 19.3 Å². The molecule has 2 aliphatic rings. The first-order valence-corrected chi connectivity index (χ1v) is 5.48. The Morgan fingerprint density at radius 2 is 2.07 bits per heavy atom. The SMILES string of the molecule is C[C@@H]1CC[C@@H]2[C@@H](OC(=O)[C@@H]2C)[C@@H](O)C1. The van der Waals surface area contributed by atoms with Crippen molar-refractivity contribution in [3.05, 3.63) is 0 Å². The number of hydrogen-bond acceptors (Lipinski definition) is 3. The van der Waals surface area contributed by atoms with Crippen LogP contribution in [0.3, 0.4) is 0 Å². The first-order chi connectivity index (χ1) is 6.59. The van der Waals surface area contributed by atoms with Crippen molar-refractivity contribution in [3.8, 4) is 0 Å². The Hall–Kier alpha value is -0.570. The summed E-state index contributed by atoms with van der Waals surface area (Å²) >= 11 is 0. The zero-order chi connectivity index (χ0) is 10.3. The fourth-order valence-corrected chi connectivity index (χ4v) is 2.71. The van der Waals surface area contributed by atoms with Gasteiger partial charge in [-0.1, -0.05) is 20.3 Å². The van der Waals surface area contributed by atoms with E-state index in [9.17, 15) is 9.90 Å². The van der Waals surface area contributed by atoms with Gasteiger partial charge in [-0.05, 0) is 18.8 Å². The van der Waals surface area contributed by atoms with Gasteiger partial charge in [-0.25, -0.2) is 0 Å². The third-order valence-electron chi connectivity index (χ3n) is 3.70. The number of aliphatic hydroxyl groups is 1. The van der Waals surface area contributed by atoms with Crippen LogP contribution in [-0.2, 0) is 9.53 Å². The molecule has 1 aliphatic carbocycles. The third kappa shape index (κ3) is 1.54. The maximum atomic E-state index is 11.3.